The summed E-state index contributed by atoms with van der Waals surface area (Å²) in [7, 11) is 0. The first-order valence-electron chi connectivity index (χ1n) is 12.3. The summed E-state index contributed by atoms with van der Waals surface area (Å²) in [5.41, 5.74) is 0.106. The van der Waals surface area contributed by atoms with Crippen LogP contribution in [0.25, 0.3) is 10.9 Å². The molecule has 0 atom stereocenters. The van der Waals surface area contributed by atoms with E-state index >= 15 is 0 Å². The number of imide groups is 1. The van der Waals surface area contributed by atoms with Gasteiger partial charge in [0, 0.05) is 24.2 Å². The van der Waals surface area contributed by atoms with Crippen LogP contribution < -0.4 is 9.64 Å². The second kappa shape index (κ2) is 9.99. The van der Waals surface area contributed by atoms with Crippen molar-refractivity contribution in [3.8, 4) is 5.88 Å². The van der Waals surface area contributed by atoms with E-state index in [1.165, 1.54) is 6.33 Å². The maximum Gasteiger partial charge on any atom is 0.417 e. The van der Waals surface area contributed by atoms with Crippen LogP contribution in [0.1, 0.15) is 54.9 Å². The summed E-state index contributed by atoms with van der Waals surface area (Å²) in [5.74, 6) is -0.0540. The van der Waals surface area contributed by atoms with Crippen molar-refractivity contribution >= 4 is 34.3 Å². The molecule has 9 nitrogen and oxygen atoms in total. The highest BCUT2D eigenvalue weighted by atomic mass is 19.4. The van der Waals surface area contributed by atoms with E-state index in [0.717, 1.165) is 22.1 Å². The second-order valence-electron chi connectivity index (χ2n) is 9.30. The van der Waals surface area contributed by atoms with Crippen molar-refractivity contribution in [2.24, 2.45) is 0 Å². The average Bonchev–Trinajstić information content (AvgIpc) is 3.21. The Morgan fingerprint density at radius 1 is 1.08 bits per heavy atom. The monoisotopic (exact) mass is 527 g/mol. The van der Waals surface area contributed by atoms with Gasteiger partial charge in [0.1, 0.15) is 19.0 Å². The van der Waals surface area contributed by atoms with E-state index in [-0.39, 0.29) is 30.2 Å². The second-order valence-corrected chi connectivity index (χ2v) is 9.30. The van der Waals surface area contributed by atoms with Crippen LogP contribution in [0.5, 0.6) is 5.88 Å². The van der Waals surface area contributed by atoms with E-state index in [1.54, 1.807) is 25.1 Å². The van der Waals surface area contributed by atoms with Crippen molar-refractivity contribution in [2.45, 2.75) is 57.3 Å². The first-order valence-corrected chi connectivity index (χ1v) is 12.3. The van der Waals surface area contributed by atoms with E-state index < -0.39 is 23.7 Å². The third-order valence-electron chi connectivity index (χ3n) is 6.89. The number of urea groups is 1. The highest BCUT2D eigenvalue weighted by Gasteiger charge is 2.43. The maximum atomic E-state index is 13.1. The number of fused-ring (bicyclic) bond motifs is 1. The summed E-state index contributed by atoms with van der Waals surface area (Å²) in [4.78, 5) is 52.0. The molecule has 1 saturated carbocycles. The number of halogens is 3. The number of rotatable bonds is 6. The van der Waals surface area contributed by atoms with Gasteiger partial charge in [0.2, 0.25) is 5.88 Å². The molecular formula is C26H24F3N5O4. The Kier molecular flexibility index (Phi) is 6.72. The van der Waals surface area contributed by atoms with Crippen molar-refractivity contribution in [2.75, 3.05) is 11.4 Å². The molecule has 0 unspecified atom stereocenters. The third-order valence-corrected chi connectivity index (χ3v) is 6.89. The van der Waals surface area contributed by atoms with Crippen molar-refractivity contribution in [3.05, 3.63) is 54.1 Å². The molecule has 3 heterocycles. The van der Waals surface area contributed by atoms with Crippen LogP contribution in [-0.4, -0.2) is 56.3 Å². The van der Waals surface area contributed by atoms with Gasteiger partial charge in [-0.3, -0.25) is 24.4 Å². The number of aromatic nitrogens is 3. The van der Waals surface area contributed by atoms with Crippen LogP contribution in [0.3, 0.4) is 0 Å². The van der Waals surface area contributed by atoms with Gasteiger partial charge in [-0.05, 0) is 43.9 Å². The predicted octanol–water partition coefficient (Wildman–Crippen LogP) is 4.80. The van der Waals surface area contributed by atoms with Gasteiger partial charge in [-0.25, -0.2) is 14.8 Å². The van der Waals surface area contributed by atoms with Crippen LogP contribution >= 0.6 is 0 Å². The summed E-state index contributed by atoms with van der Waals surface area (Å²) in [5, 5.41) is 0.678. The van der Waals surface area contributed by atoms with Gasteiger partial charge in [-0.2, -0.15) is 13.2 Å². The normalized spacial score (nSPS) is 20.3. The highest BCUT2D eigenvalue weighted by molar-refractivity contribution is 6.12. The molecule has 0 radical (unpaired) electrons. The molecule has 1 aliphatic heterocycles. The van der Waals surface area contributed by atoms with E-state index in [1.807, 2.05) is 0 Å². The molecule has 0 N–H and O–H groups in total. The van der Waals surface area contributed by atoms with E-state index in [4.69, 9.17) is 4.74 Å². The van der Waals surface area contributed by atoms with Gasteiger partial charge in [0.15, 0.2) is 5.78 Å². The summed E-state index contributed by atoms with van der Waals surface area (Å²) in [6, 6.07) is 4.97. The Balaban J connectivity index is 1.25. The zero-order valence-corrected chi connectivity index (χ0v) is 20.4. The molecule has 38 heavy (non-hydrogen) atoms. The number of hydrogen-bond acceptors (Lipinski definition) is 7. The summed E-state index contributed by atoms with van der Waals surface area (Å²) < 4.78 is 45.4. The molecule has 1 saturated heterocycles. The van der Waals surface area contributed by atoms with Gasteiger partial charge in [-0.15, -0.1) is 0 Å². The zero-order chi connectivity index (χ0) is 27.0. The van der Waals surface area contributed by atoms with Gasteiger partial charge in [0.05, 0.1) is 28.4 Å². The molecule has 0 bridgehead atoms. The number of benzene rings is 1. The SMILES string of the molecule is CCC(=O)c1ccc2c(OC3CCC(N4C(=O)CN(c5cncc(C(F)(F)F)c5)C4=O)CC3)ncnc2c1. The number of ketones is 1. The number of alkyl halides is 3. The number of amides is 3. The molecule has 3 aromatic rings. The van der Waals surface area contributed by atoms with Gasteiger partial charge in [0.25, 0.3) is 5.91 Å². The van der Waals surface area contributed by atoms with Crippen molar-refractivity contribution in [1.29, 1.82) is 0 Å². The molecule has 198 valence electrons. The van der Waals surface area contributed by atoms with E-state index in [9.17, 15) is 27.6 Å². The molecular weight excluding hydrogens is 503 g/mol. The Hall–Kier alpha value is -4.09. The number of anilines is 1. The lowest BCUT2D eigenvalue weighted by molar-refractivity contribution is -0.137. The number of carbonyl (C=O) groups excluding carboxylic acids is 3. The summed E-state index contributed by atoms with van der Waals surface area (Å²) in [6.45, 7) is 1.45. The predicted molar refractivity (Wildman–Crippen MR) is 130 cm³/mol. The van der Waals surface area contributed by atoms with Crippen molar-refractivity contribution < 1.29 is 32.3 Å². The fourth-order valence-electron chi connectivity index (χ4n) is 4.89. The zero-order valence-electron chi connectivity index (χ0n) is 20.4. The first kappa shape index (κ1) is 25.6. The number of Topliss-reactive ketones (excluding diaryl/α,β-unsaturated/α-hetero) is 1. The van der Waals surface area contributed by atoms with E-state index in [0.29, 0.717) is 60.6 Å². The maximum absolute atomic E-state index is 13.1. The lowest BCUT2D eigenvalue weighted by Crippen LogP contribution is -2.44. The Morgan fingerprint density at radius 2 is 1.84 bits per heavy atom. The molecule has 12 heteroatoms. The molecule has 1 aliphatic carbocycles. The molecule has 1 aromatic carbocycles. The first-order chi connectivity index (χ1) is 18.2. The van der Waals surface area contributed by atoms with Crippen molar-refractivity contribution in [1.82, 2.24) is 19.9 Å². The largest absolute Gasteiger partial charge is 0.474 e. The minimum Gasteiger partial charge on any atom is -0.474 e. The fourth-order valence-corrected chi connectivity index (χ4v) is 4.89. The quantitative estimate of drug-likeness (QED) is 0.335. The lowest BCUT2D eigenvalue weighted by Gasteiger charge is -2.33. The molecule has 2 aliphatic rings. The van der Waals surface area contributed by atoms with E-state index in [2.05, 4.69) is 15.0 Å². The summed E-state index contributed by atoms with van der Waals surface area (Å²) in [6.07, 6.45) is 0.814. The highest BCUT2D eigenvalue weighted by Crippen LogP contribution is 2.34. The number of ether oxygens (including phenoxy) is 1. The van der Waals surface area contributed by atoms with Crippen LogP contribution in [0.2, 0.25) is 0 Å². The summed E-state index contributed by atoms with van der Waals surface area (Å²) >= 11 is 0. The Bertz CT molecular complexity index is 1410. The lowest BCUT2D eigenvalue weighted by atomic mass is 9.92. The number of hydrogen-bond donors (Lipinski definition) is 0. The topological polar surface area (TPSA) is 106 Å². The minimum atomic E-state index is -4.61. The number of nitrogens with zero attached hydrogens (tertiary/aromatic N) is 5. The number of carbonyl (C=O) groups is 3. The molecule has 2 fully saturated rings. The molecule has 0 spiro atoms. The minimum absolute atomic E-state index is 0.0141. The Morgan fingerprint density at radius 3 is 2.55 bits per heavy atom. The smallest absolute Gasteiger partial charge is 0.417 e. The van der Waals surface area contributed by atoms with Gasteiger partial charge >= 0.3 is 12.2 Å². The van der Waals surface area contributed by atoms with Gasteiger partial charge in [-0.1, -0.05) is 13.0 Å². The fraction of sp³-hybridized carbons (Fsp3) is 0.385. The van der Waals surface area contributed by atoms with Gasteiger partial charge < -0.3 is 4.74 Å². The number of pyridine rings is 1. The van der Waals surface area contributed by atoms with Crippen LogP contribution in [0, 0.1) is 0 Å². The molecule has 2 aromatic heterocycles. The average molecular weight is 528 g/mol. The molecule has 5 rings (SSSR count). The Labute approximate surface area is 215 Å². The van der Waals surface area contributed by atoms with Crippen LogP contribution in [-0.2, 0) is 11.0 Å². The van der Waals surface area contributed by atoms with Crippen LogP contribution in [0.15, 0.2) is 43.0 Å². The standard InChI is InChI=1S/C26H24F3N5O4/c1-2-22(35)15-3-8-20-21(9-15)31-14-32-24(20)38-19-6-4-17(5-7-19)34-23(36)13-33(25(34)37)18-10-16(11-30-12-18)26(27,28)29/h3,8-12,14,17,19H,2,4-7,13H2,1H3. The van der Waals surface area contributed by atoms with Crippen LogP contribution in [0.4, 0.5) is 23.7 Å². The third kappa shape index (κ3) is 4.90. The molecule has 3 amide bonds. The van der Waals surface area contributed by atoms with Crippen molar-refractivity contribution in [3.63, 3.8) is 0 Å².